The molecule has 4 unspecified atom stereocenters. The Labute approximate surface area is 198 Å². The van der Waals surface area contributed by atoms with E-state index in [-0.39, 0.29) is 29.3 Å². The Balaban J connectivity index is 1.23. The second kappa shape index (κ2) is 9.75. The molecule has 176 valence electrons. The lowest BCUT2D eigenvalue weighted by Crippen LogP contribution is -2.21. The van der Waals surface area contributed by atoms with Crippen LogP contribution in [0.25, 0.3) is 11.6 Å². The average Bonchev–Trinajstić information content (AvgIpc) is 3.71. The zero-order valence-electron chi connectivity index (χ0n) is 19.2. The third-order valence-electron chi connectivity index (χ3n) is 7.04. The van der Waals surface area contributed by atoms with E-state index >= 15 is 0 Å². The highest BCUT2D eigenvalue weighted by atomic mass is 19.2. The zero-order chi connectivity index (χ0) is 23.7. The van der Waals surface area contributed by atoms with Gasteiger partial charge in [0.1, 0.15) is 11.7 Å². The van der Waals surface area contributed by atoms with Gasteiger partial charge in [-0.05, 0) is 42.9 Å². The van der Waals surface area contributed by atoms with Crippen molar-refractivity contribution in [3.8, 4) is 0 Å². The summed E-state index contributed by atoms with van der Waals surface area (Å²) in [6, 6.07) is 7.42. The fourth-order valence-corrected chi connectivity index (χ4v) is 4.81. The van der Waals surface area contributed by atoms with E-state index in [4.69, 9.17) is 4.74 Å². The van der Waals surface area contributed by atoms with Gasteiger partial charge in [0, 0.05) is 40.8 Å². The maximum atomic E-state index is 14.9. The fourth-order valence-electron chi connectivity index (χ4n) is 4.81. The maximum absolute atomic E-state index is 14.9. The molecule has 34 heavy (non-hydrogen) atoms. The van der Waals surface area contributed by atoms with Crippen LogP contribution >= 0.6 is 0 Å². The van der Waals surface area contributed by atoms with Crippen molar-refractivity contribution in [3.05, 3.63) is 94.5 Å². The summed E-state index contributed by atoms with van der Waals surface area (Å²) in [7, 11) is 0. The van der Waals surface area contributed by atoms with Gasteiger partial charge in [0.15, 0.2) is 5.83 Å². The van der Waals surface area contributed by atoms with Crippen molar-refractivity contribution in [2.24, 2.45) is 22.7 Å². The van der Waals surface area contributed by atoms with Gasteiger partial charge in [0.2, 0.25) is 0 Å². The van der Waals surface area contributed by atoms with E-state index in [9.17, 15) is 13.2 Å². The van der Waals surface area contributed by atoms with Gasteiger partial charge in [-0.3, -0.25) is 4.99 Å². The molecule has 2 aliphatic heterocycles. The molecule has 2 nitrogen and oxygen atoms in total. The summed E-state index contributed by atoms with van der Waals surface area (Å²) >= 11 is 0. The fraction of sp³-hybridized carbons (Fsp3) is 0.345. The van der Waals surface area contributed by atoms with Crippen molar-refractivity contribution >= 4 is 17.9 Å². The number of halogens is 3. The topological polar surface area (TPSA) is 24.9 Å². The summed E-state index contributed by atoms with van der Waals surface area (Å²) in [6.45, 7) is 2.74. The van der Waals surface area contributed by atoms with Gasteiger partial charge < -0.3 is 4.74 Å². The molecule has 5 heteroatoms. The van der Waals surface area contributed by atoms with Crippen molar-refractivity contribution < 1.29 is 17.9 Å². The standard InChI is InChI=1S/C29H28F3NO/c1-2-23-12-9-22(16-33-23)25-14-10-20(28(31)29(25)32)8-5-18-3-6-19(7-4-18)24-13-11-21(15-26(24)30)27-17-34-27/h3-8,10,12-13,15-16,21-22,25,27H,2,9,11,14,17H2,1H3/b8-5+. The lowest BCUT2D eigenvalue weighted by molar-refractivity contribution is 0.358. The van der Waals surface area contributed by atoms with Gasteiger partial charge in [-0.1, -0.05) is 61.6 Å². The number of ether oxygens (including phenoxy) is 1. The molecule has 4 atom stereocenters. The second-order valence-electron chi connectivity index (χ2n) is 9.25. The van der Waals surface area contributed by atoms with E-state index in [0.29, 0.717) is 25.0 Å². The molecule has 2 heterocycles. The van der Waals surface area contributed by atoms with Crippen LogP contribution in [0.4, 0.5) is 13.2 Å². The first-order valence-electron chi connectivity index (χ1n) is 12.0. The minimum Gasteiger partial charge on any atom is -0.372 e. The van der Waals surface area contributed by atoms with Crippen LogP contribution in [0.3, 0.4) is 0 Å². The summed E-state index contributed by atoms with van der Waals surface area (Å²) in [5.41, 5.74) is 3.48. The highest BCUT2D eigenvalue weighted by molar-refractivity contribution is 5.78. The Hall–Kier alpha value is -2.92. The first kappa shape index (κ1) is 22.9. The van der Waals surface area contributed by atoms with Crippen LogP contribution in [0.2, 0.25) is 0 Å². The number of hydrogen-bond donors (Lipinski definition) is 0. The van der Waals surface area contributed by atoms with Crippen LogP contribution in [-0.4, -0.2) is 18.9 Å². The lowest BCUT2D eigenvalue weighted by Gasteiger charge is -2.26. The molecule has 0 bridgehead atoms. The Bertz CT molecular complexity index is 1160. The number of epoxide rings is 1. The summed E-state index contributed by atoms with van der Waals surface area (Å²) < 4.78 is 49.5. The highest BCUT2D eigenvalue weighted by Gasteiger charge is 2.33. The van der Waals surface area contributed by atoms with E-state index in [1.807, 2.05) is 43.3 Å². The molecule has 1 aromatic carbocycles. The lowest BCUT2D eigenvalue weighted by atomic mass is 9.81. The third kappa shape index (κ3) is 4.80. The van der Waals surface area contributed by atoms with Crippen LogP contribution in [0, 0.1) is 17.8 Å². The van der Waals surface area contributed by atoms with Crippen LogP contribution in [0.5, 0.6) is 0 Å². The Morgan fingerprint density at radius 1 is 0.971 bits per heavy atom. The van der Waals surface area contributed by atoms with Crippen LogP contribution in [0.1, 0.15) is 43.7 Å². The summed E-state index contributed by atoms with van der Waals surface area (Å²) in [5.74, 6) is -2.21. The minimum absolute atomic E-state index is 0.119. The van der Waals surface area contributed by atoms with E-state index < -0.39 is 17.6 Å². The number of rotatable bonds is 6. The number of allylic oxidation sites excluding steroid dienone is 10. The van der Waals surface area contributed by atoms with Gasteiger partial charge in [-0.2, -0.15) is 0 Å². The van der Waals surface area contributed by atoms with Gasteiger partial charge in [-0.25, -0.2) is 13.2 Å². The van der Waals surface area contributed by atoms with Crippen LogP contribution in [0.15, 0.2) is 88.4 Å². The molecule has 5 rings (SSSR count). The zero-order valence-corrected chi connectivity index (χ0v) is 19.2. The average molecular weight is 464 g/mol. The molecule has 0 aromatic heterocycles. The van der Waals surface area contributed by atoms with Crippen molar-refractivity contribution in [3.63, 3.8) is 0 Å². The predicted octanol–water partition coefficient (Wildman–Crippen LogP) is 7.84. The van der Waals surface area contributed by atoms with Gasteiger partial charge in [-0.15, -0.1) is 0 Å². The maximum Gasteiger partial charge on any atom is 0.161 e. The Morgan fingerprint density at radius 2 is 1.74 bits per heavy atom. The summed E-state index contributed by atoms with van der Waals surface area (Å²) in [6.07, 6.45) is 15.4. The molecule has 1 fully saturated rings. The molecule has 1 saturated heterocycles. The van der Waals surface area contributed by atoms with E-state index in [1.54, 1.807) is 30.5 Å². The van der Waals surface area contributed by atoms with Crippen molar-refractivity contribution in [2.75, 3.05) is 6.61 Å². The van der Waals surface area contributed by atoms with E-state index in [1.165, 1.54) is 0 Å². The monoisotopic (exact) mass is 463 g/mol. The summed E-state index contributed by atoms with van der Waals surface area (Å²) in [5, 5.41) is 0. The molecular formula is C29H28F3NO. The number of benzene rings is 1. The quantitative estimate of drug-likeness (QED) is 0.395. The predicted molar refractivity (Wildman–Crippen MR) is 131 cm³/mol. The minimum atomic E-state index is -0.795. The highest BCUT2D eigenvalue weighted by Crippen LogP contribution is 2.39. The largest absolute Gasteiger partial charge is 0.372 e. The molecule has 0 radical (unpaired) electrons. The Kier molecular flexibility index (Phi) is 6.55. The molecule has 2 aliphatic carbocycles. The third-order valence-corrected chi connectivity index (χ3v) is 7.04. The first-order valence-corrected chi connectivity index (χ1v) is 12.0. The van der Waals surface area contributed by atoms with E-state index in [0.717, 1.165) is 29.7 Å². The number of nitrogens with zero attached hydrogens (tertiary/aromatic N) is 1. The van der Waals surface area contributed by atoms with Gasteiger partial charge in [0.05, 0.1) is 12.7 Å². The van der Waals surface area contributed by atoms with Gasteiger partial charge in [0.25, 0.3) is 0 Å². The van der Waals surface area contributed by atoms with Crippen molar-refractivity contribution in [1.82, 2.24) is 0 Å². The summed E-state index contributed by atoms with van der Waals surface area (Å²) in [4.78, 5) is 4.37. The smallest absolute Gasteiger partial charge is 0.161 e. The van der Waals surface area contributed by atoms with Crippen molar-refractivity contribution in [1.29, 1.82) is 0 Å². The van der Waals surface area contributed by atoms with Crippen molar-refractivity contribution in [2.45, 2.75) is 38.7 Å². The van der Waals surface area contributed by atoms with E-state index in [2.05, 4.69) is 4.99 Å². The Morgan fingerprint density at radius 3 is 2.38 bits per heavy atom. The molecule has 0 saturated carbocycles. The molecule has 0 N–H and O–H groups in total. The molecular weight excluding hydrogens is 435 g/mol. The second-order valence-corrected chi connectivity index (χ2v) is 9.25. The number of hydrogen-bond acceptors (Lipinski definition) is 2. The SMILES string of the molecule is CCC1=CCC(C2CC=C(/C=C/c3ccc(C4=CCC(C5CO5)C=C4F)cc3)C(F)=C2F)C=N1. The first-order chi connectivity index (χ1) is 16.5. The molecule has 0 spiro atoms. The van der Waals surface area contributed by atoms with Crippen LogP contribution in [-0.2, 0) is 4.74 Å². The van der Waals surface area contributed by atoms with Crippen LogP contribution < -0.4 is 0 Å². The number of aliphatic imine (C=N–C) groups is 1. The molecule has 1 aromatic rings. The molecule has 4 aliphatic rings. The normalized spacial score (nSPS) is 29.1. The molecule has 0 amide bonds. The van der Waals surface area contributed by atoms with Gasteiger partial charge >= 0.3 is 0 Å².